The number of benzene rings is 1. The minimum absolute atomic E-state index is 0. The number of ether oxygens (including phenoxy) is 2. The highest BCUT2D eigenvalue weighted by atomic mass is 16.5. The number of nitrogens with zero attached hydrogens (tertiary/aromatic N) is 3. The predicted molar refractivity (Wildman–Crippen MR) is 112 cm³/mol. The Balaban J connectivity index is 0.00000300. The van der Waals surface area contributed by atoms with Crippen LogP contribution in [-0.4, -0.2) is 39.8 Å². The molecule has 0 bridgehead atoms. The van der Waals surface area contributed by atoms with Gasteiger partial charge in [0.15, 0.2) is 11.6 Å². The molecule has 8 nitrogen and oxygen atoms in total. The second-order valence-corrected chi connectivity index (χ2v) is 7.08. The van der Waals surface area contributed by atoms with Gasteiger partial charge in [0.25, 0.3) is 0 Å². The van der Waals surface area contributed by atoms with Crippen LogP contribution < -0.4 is 15.8 Å². The van der Waals surface area contributed by atoms with Crippen molar-refractivity contribution in [2.45, 2.75) is 39.5 Å². The summed E-state index contributed by atoms with van der Waals surface area (Å²) in [6.45, 7) is 3.93. The van der Waals surface area contributed by atoms with Crippen LogP contribution in [0.2, 0.25) is 0 Å². The van der Waals surface area contributed by atoms with Gasteiger partial charge in [-0.3, -0.25) is 9.20 Å². The van der Waals surface area contributed by atoms with Gasteiger partial charge in [-0.15, -0.1) is 10.2 Å². The molecule has 0 spiro atoms. The number of carbonyl (C=O) groups is 1. The van der Waals surface area contributed by atoms with Crippen LogP contribution in [0.25, 0.3) is 5.65 Å². The van der Waals surface area contributed by atoms with Gasteiger partial charge in [0.1, 0.15) is 6.04 Å². The molecule has 8 heteroatoms. The highest BCUT2D eigenvalue weighted by Crippen LogP contribution is 2.21. The van der Waals surface area contributed by atoms with Crippen LogP contribution in [0.5, 0.6) is 5.75 Å². The number of nitrogens with one attached hydrogen (secondary N) is 1. The molecule has 0 aliphatic carbocycles. The summed E-state index contributed by atoms with van der Waals surface area (Å²) in [5.74, 6) is 0.829. The second-order valence-electron chi connectivity index (χ2n) is 7.08. The molecule has 0 aliphatic rings. The topological polar surface area (TPSA) is 104 Å². The van der Waals surface area contributed by atoms with Crippen LogP contribution in [0.1, 0.15) is 38.7 Å². The number of carbonyl (C=O) groups excluding carboxylic acids is 1. The molecular formula is C21H29N5O3. The van der Waals surface area contributed by atoms with E-state index in [1.165, 1.54) is 0 Å². The maximum absolute atomic E-state index is 12.5. The fourth-order valence-corrected chi connectivity index (χ4v) is 2.70. The van der Waals surface area contributed by atoms with Crippen LogP contribution in [-0.2, 0) is 16.1 Å². The van der Waals surface area contributed by atoms with Gasteiger partial charge in [-0.2, -0.15) is 0 Å². The Hall–Kier alpha value is -2.97. The third kappa shape index (κ3) is 5.30. The standard InChI is InChI=1S/C20H25N5O3.CH4/c1-20(2,21)19(26)22-15(13-28-12-14-8-5-4-6-9-14)17-23-24-18-16(27-3)10-7-11-25(17)18;/h4-11,15H,12-13,21H2,1-3H3,(H,22,26);1H4/t15-;/m1./s1. The molecule has 0 aliphatic heterocycles. The number of rotatable bonds is 8. The van der Waals surface area contributed by atoms with E-state index in [0.29, 0.717) is 23.8 Å². The van der Waals surface area contributed by atoms with Gasteiger partial charge >= 0.3 is 0 Å². The largest absolute Gasteiger partial charge is 0.493 e. The molecule has 29 heavy (non-hydrogen) atoms. The first kappa shape index (κ1) is 22.3. The van der Waals surface area contributed by atoms with Gasteiger partial charge in [0.2, 0.25) is 11.6 Å². The number of pyridine rings is 1. The lowest BCUT2D eigenvalue weighted by atomic mass is 10.1. The normalized spacial score (nSPS) is 12.3. The Labute approximate surface area is 171 Å². The number of fused-ring (bicyclic) bond motifs is 1. The Bertz CT molecular complexity index is 934. The third-order valence-electron chi connectivity index (χ3n) is 4.24. The summed E-state index contributed by atoms with van der Waals surface area (Å²) >= 11 is 0. The molecule has 1 aromatic carbocycles. The lowest BCUT2D eigenvalue weighted by Crippen LogP contribution is -2.50. The molecule has 2 aromatic heterocycles. The summed E-state index contributed by atoms with van der Waals surface area (Å²) in [4.78, 5) is 12.5. The van der Waals surface area contributed by atoms with Crippen LogP contribution in [0.15, 0.2) is 48.7 Å². The van der Waals surface area contributed by atoms with Crippen molar-refractivity contribution in [3.63, 3.8) is 0 Å². The van der Waals surface area contributed by atoms with E-state index in [9.17, 15) is 4.79 Å². The number of amides is 1. The number of hydrogen-bond acceptors (Lipinski definition) is 6. The minimum Gasteiger partial charge on any atom is -0.493 e. The number of aromatic nitrogens is 3. The van der Waals surface area contributed by atoms with Crippen molar-refractivity contribution in [1.82, 2.24) is 19.9 Å². The number of methoxy groups -OCH3 is 1. The Morgan fingerprint density at radius 3 is 2.59 bits per heavy atom. The van der Waals surface area contributed by atoms with Crippen molar-refractivity contribution in [3.05, 3.63) is 60.0 Å². The molecule has 3 N–H and O–H groups in total. The van der Waals surface area contributed by atoms with Gasteiger partial charge < -0.3 is 20.5 Å². The molecule has 2 heterocycles. The van der Waals surface area contributed by atoms with E-state index in [0.717, 1.165) is 5.56 Å². The van der Waals surface area contributed by atoms with Crippen LogP contribution in [0.4, 0.5) is 0 Å². The monoisotopic (exact) mass is 399 g/mol. The molecule has 0 fully saturated rings. The molecule has 3 rings (SSSR count). The van der Waals surface area contributed by atoms with Gasteiger partial charge in [0.05, 0.1) is 25.9 Å². The molecule has 3 aromatic rings. The molecule has 0 saturated carbocycles. The average molecular weight is 399 g/mol. The molecule has 156 valence electrons. The van der Waals surface area contributed by atoms with E-state index in [4.69, 9.17) is 15.2 Å². The van der Waals surface area contributed by atoms with Crippen molar-refractivity contribution < 1.29 is 14.3 Å². The van der Waals surface area contributed by atoms with Crippen LogP contribution in [0.3, 0.4) is 0 Å². The number of hydrogen-bond donors (Lipinski definition) is 2. The predicted octanol–water partition coefficient (Wildman–Crippen LogP) is 2.49. The van der Waals surface area contributed by atoms with Crippen LogP contribution in [0, 0.1) is 0 Å². The quantitative estimate of drug-likeness (QED) is 0.603. The van der Waals surface area contributed by atoms with E-state index in [1.807, 2.05) is 42.6 Å². The van der Waals surface area contributed by atoms with Gasteiger partial charge in [-0.1, -0.05) is 37.8 Å². The zero-order valence-electron chi connectivity index (χ0n) is 16.3. The van der Waals surface area contributed by atoms with E-state index < -0.39 is 11.6 Å². The summed E-state index contributed by atoms with van der Waals surface area (Å²) in [6, 6.07) is 12.9. The molecule has 0 unspecified atom stereocenters. The summed E-state index contributed by atoms with van der Waals surface area (Å²) in [5.41, 5.74) is 6.52. The van der Waals surface area contributed by atoms with Crippen molar-refractivity contribution in [3.8, 4) is 5.75 Å². The van der Waals surface area contributed by atoms with Crippen molar-refractivity contribution >= 4 is 11.6 Å². The summed E-state index contributed by atoms with van der Waals surface area (Å²) in [5, 5.41) is 11.4. The third-order valence-corrected chi connectivity index (χ3v) is 4.24. The first-order chi connectivity index (χ1) is 13.4. The summed E-state index contributed by atoms with van der Waals surface area (Å²) in [7, 11) is 1.57. The molecule has 1 atom stereocenters. The maximum atomic E-state index is 12.5. The SMILES string of the molecule is C.COc1cccn2c([C@@H](COCc3ccccc3)NC(=O)C(C)(C)N)nnc12. The highest BCUT2D eigenvalue weighted by molar-refractivity contribution is 5.85. The van der Waals surface area contributed by atoms with Gasteiger partial charge in [-0.25, -0.2) is 0 Å². The molecular weight excluding hydrogens is 370 g/mol. The lowest BCUT2D eigenvalue weighted by Gasteiger charge is -2.23. The first-order valence-electron chi connectivity index (χ1n) is 8.99. The van der Waals surface area contributed by atoms with E-state index in [2.05, 4.69) is 15.5 Å². The molecule has 0 saturated heterocycles. The first-order valence-corrected chi connectivity index (χ1v) is 8.99. The van der Waals surface area contributed by atoms with Gasteiger partial charge in [0, 0.05) is 6.20 Å². The fourth-order valence-electron chi connectivity index (χ4n) is 2.70. The average Bonchev–Trinajstić information content (AvgIpc) is 3.11. The fraction of sp³-hybridized carbons (Fsp3) is 0.381. The zero-order chi connectivity index (χ0) is 20.1. The van der Waals surface area contributed by atoms with Crippen molar-refractivity contribution in [2.75, 3.05) is 13.7 Å². The lowest BCUT2D eigenvalue weighted by molar-refractivity contribution is -0.126. The smallest absolute Gasteiger partial charge is 0.240 e. The maximum Gasteiger partial charge on any atom is 0.240 e. The Morgan fingerprint density at radius 1 is 1.21 bits per heavy atom. The van der Waals surface area contributed by atoms with Crippen molar-refractivity contribution in [1.29, 1.82) is 0 Å². The minimum atomic E-state index is -1.03. The second kappa shape index (κ2) is 9.49. The van der Waals surface area contributed by atoms with Crippen LogP contribution >= 0.6 is 0 Å². The Morgan fingerprint density at radius 2 is 1.93 bits per heavy atom. The summed E-state index contributed by atoms with van der Waals surface area (Å²) < 4.78 is 13.0. The van der Waals surface area contributed by atoms with E-state index in [-0.39, 0.29) is 19.9 Å². The highest BCUT2D eigenvalue weighted by Gasteiger charge is 2.28. The van der Waals surface area contributed by atoms with Gasteiger partial charge in [-0.05, 0) is 31.5 Å². The van der Waals surface area contributed by atoms with E-state index in [1.54, 1.807) is 31.4 Å². The number of nitrogens with two attached hydrogens (primary N) is 1. The Kier molecular flexibility index (Phi) is 7.30. The van der Waals surface area contributed by atoms with Crippen molar-refractivity contribution in [2.24, 2.45) is 5.73 Å². The summed E-state index contributed by atoms with van der Waals surface area (Å²) in [6.07, 6.45) is 1.82. The molecule has 0 radical (unpaired) electrons. The van der Waals surface area contributed by atoms with E-state index >= 15 is 0 Å². The molecule has 1 amide bonds. The zero-order valence-corrected chi connectivity index (χ0v) is 16.3.